The first-order chi connectivity index (χ1) is 18.9. The molecule has 1 heterocycles. The molecule has 1 saturated carbocycles. The second-order valence-electron chi connectivity index (χ2n) is 11.5. The summed E-state index contributed by atoms with van der Waals surface area (Å²) in [6, 6.07) is 16.4. The second kappa shape index (κ2) is 13.9. The molecule has 1 saturated heterocycles. The predicted octanol–water partition coefficient (Wildman–Crippen LogP) is 4.27. The lowest BCUT2D eigenvalue weighted by Gasteiger charge is -2.43. The van der Waals surface area contributed by atoms with Crippen molar-refractivity contribution in [2.75, 3.05) is 26.7 Å². The minimum atomic E-state index is -0.458. The Balaban J connectivity index is 1.51. The number of piperidine rings is 1. The average molecular weight is 535 g/mol. The van der Waals surface area contributed by atoms with Crippen molar-refractivity contribution in [2.45, 2.75) is 77.5 Å². The molecular formula is C32H46N4O3. The van der Waals surface area contributed by atoms with Gasteiger partial charge in [0, 0.05) is 39.1 Å². The number of likely N-dealkylation sites (tertiary alicyclic amines) is 1. The molecule has 4 rings (SSSR count). The van der Waals surface area contributed by atoms with E-state index in [0.717, 1.165) is 44.6 Å². The van der Waals surface area contributed by atoms with E-state index < -0.39 is 6.04 Å². The molecule has 2 fully saturated rings. The van der Waals surface area contributed by atoms with Crippen LogP contribution >= 0.6 is 0 Å². The third-order valence-corrected chi connectivity index (χ3v) is 8.74. The standard InChI is InChI=1S/C32H46N4O3/c1-23-8-4-5-12-28(23)22-35(21-27-11-7-13-30(17-27)39-3)29-14-15-36(24(2)37)31(18-29)32(38)34-20-26-10-6-9-25(16-26)19-33/h4-5,7-8,11-13,17,25-26,29,31H,6,9-10,14-16,18-22,33H2,1-3H3,(H,34,38)/t25?,26?,29?,31-/m1/s1. The van der Waals surface area contributed by atoms with Crippen molar-refractivity contribution in [1.82, 2.24) is 15.1 Å². The SMILES string of the molecule is COc1cccc(CN(Cc2ccccc2C)C2CCN(C(C)=O)[C@@H](C(=O)NCC3CCCC(CN)C3)C2)c1. The zero-order valence-corrected chi connectivity index (χ0v) is 23.9. The zero-order valence-electron chi connectivity index (χ0n) is 23.9. The van der Waals surface area contributed by atoms with Crippen LogP contribution in [0.2, 0.25) is 0 Å². The van der Waals surface area contributed by atoms with Gasteiger partial charge in [0.15, 0.2) is 0 Å². The molecule has 2 aromatic rings. The lowest BCUT2D eigenvalue weighted by atomic mass is 9.81. The van der Waals surface area contributed by atoms with Crippen molar-refractivity contribution >= 4 is 11.8 Å². The highest BCUT2D eigenvalue weighted by molar-refractivity contribution is 5.87. The van der Waals surface area contributed by atoms with Gasteiger partial charge in [-0.05, 0) is 86.2 Å². The molecule has 0 radical (unpaired) electrons. The van der Waals surface area contributed by atoms with E-state index in [0.29, 0.717) is 31.3 Å². The maximum absolute atomic E-state index is 13.6. The summed E-state index contributed by atoms with van der Waals surface area (Å²) in [4.78, 5) is 30.4. The Hall–Kier alpha value is -2.90. The van der Waals surface area contributed by atoms with E-state index >= 15 is 0 Å². The number of methoxy groups -OCH3 is 1. The summed E-state index contributed by atoms with van der Waals surface area (Å²) in [5, 5.41) is 3.23. The third-order valence-electron chi connectivity index (χ3n) is 8.74. The first kappa shape index (κ1) is 29.1. The zero-order chi connectivity index (χ0) is 27.8. The minimum Gasteiger partial charge on any atom is -0.497 e. The molecule has 212 valence electrons. The van der Waals surface area contributed by atoms with Crippen LogP contribution < -0.4 is 15.8 Å². The van der Waals surface area contributed by atoms with Gasteiger partial charge in [-0.15, -0.1) is 0 Å². The highest BCUT2D eigenvalue weighted by Gasteiger charge is 2.37. The molecule has 2 amide bonds. The molecule has 7 nitrogen and oxygen atoms in total. The molecule has 4 atom stereocenters. The van der Waals surface area contributed by atoms with Crippen molar-refractivity contribution in [1.29, 1.82) is 0 Å². The van der Waals surface area contributed by atoms with Gasteiger partial charge in [0.25, 0.3) is 0 Å². The van der Waals surface area contributed by atoms with Gasteiger partial charge in [0.05, 0.1) is 7.11 Å². The number of nitrogens with two attached hydrogens (primary N) is 1. The van der Waals surface area contributed by atoms with Crippen LogP contribution in [0.4, 0.5) is 0 Å². The van der Waals surface area contributed by atoms with Crippen LogP contribution in [0.25, 0.3) is 0 Å². The average Bonchev–Trinajstić information content (AvgIpc) is 2.96. The van der Waals surface area contributed by atoms with Gasteiger partial charge < -0.3 is 20.7 Å². The van der Waals surface area contributed by atoms with Crippen molar-refractivity contribution in [3.63, 3.8) is 0 Å². The summed E-state index contributed by atoms with van der Waals surface area (Å²) in [5.74, 6) is 1.80. The molecule has 1 aliphatic carbocycles. The molecule has 0 aromatic heterocycles. The van der Waals surface area contributed by atoms with Gasteiger partial charge in [-0.3, -0.25) is 14.5 Å². The molecule has 2 aliphatic rings. The van der Waals surface area contributed by atoms with E-state index in [1.54, 1.807) is 18.9 Å². The van der Waals surface area contributed by atoms with Gasteiger partial charge in [-0.2, -0.15) is 0 Å². The van der Waals surface area contributed by atoms with Crippen molar-refractivity contribution in [2.24, 2.45) is 17.6 Å². The smallest absolute Gasteiger partial charge is 0.242 e. The number of hydrogen-bond donors (Lipinski definition) is 2. The van der Waals surface area contributed by atoms with Crippen LogP contribution in [0.5, 0.6) is 5.75 Å². The number of hydrogen-bond acceptors (Lipinski definition) is 5. The highest BCUT2D eigenvalue weighted by atomic mass is 16.5. The first-order valence-corrected chi connectivity index (χ1v) is 14.5. The van der Waals surface area contributed by atoms with Crippen LogP contribution in [0.3, 0.4) is 0 Å². The van der Waals surface area contributed by atoms with E-state index in [9.17, 15) is 9.59 Å². The fourth-order valence-electron chi connectivity index (χ4n) is 6.39. The van der Waals surface area contributed by atoms with Crippen molar-refractivity contribution in [3.05, 3.63) is 65.2 Å². The summed E-state index contributed by atoms with van der Waals surface area (Å²) < 4.78 is 5.48. The van der Waals surface area contributed by atoms with Gasteiger partial charge in [0.2, 0.25) is 11.8 Å². The van der Waals surface area contributed by atoms with Crippen LogP contribution in [0.15, 0.2) is 48.5 Å². The van der Waals surface area contributed by atoms with Crippen LogP contribution in [0, 0.1) is 18.8 Å². The lowest BCUT2D eigenvalue weighted by Crippen LogP contribution is -2.57. The first-order valence-electron chi connectivity index (χ1n) is 14.5. The molecular weight excluding hydrogens is 488 g/mol. The molecule has 0 spiro atoms. The van der Waals surface area contributed by atoms with E-state index in [4.69, 9.17) is 10.5 Å². The van der Waals surface area contributed by atoms with Gasteiger partial charge in [0.1, 0.15) is 11.8 Å². The molecule has 1 aliphatic heterocycles. The normalized spacial score (nSPS) is 23.5. The van der Waals surface area contributed by atoms with E-state index in [1.807, 2.05) is 12.1 Å². The fraction of sp³-hybridized carbons (Fsp3) is 0.562. The molecule has 3 unspecified atom stereocenters. The van der Waals surface area contributed by atoms with E-state index in [1.165, 1.54) is 29.5 Å². The number of carbonyl (C=O) groups is 2. The van der Waals surface area contributed by atoms with Crippen LogP contribution in [0.1, 0.15) is 62.1 Å². The maximum Gasteiger partial charge on any atom is 0.242 e. The van der Waals surface area contributed by atoms with Gasteiger partial charge in [-0.1, -0.05) is 42.8 Å². The summed E-state index contributed by atoms with van der Waals surface area (Å²) in [5.41, 5.74) is 9.63. The van der Waals surface area contributed by atoms with Crippen molar-refractivity contribution < 1.29 is 14.3 Å². The summed E-state index contributed by atoms with van der Waals surface area (Å²) in [7, 11) is 1.69. The number of benzene rings is 2. The van der Waals surface area contributed by atoms with E-state index in [2.05, 4.69) is 53.5 Å². The molecule has 3 N–H and O–H groups in total. The number of nitrogens with zero attached hydrogens (tertiary/aromatic N) is 2. The fourth-order valence-corrected chi connectivity index (χ4v) is 6.39. The monoisotopic (exact) mass is 534 g/mol. The van der Waals surface area contributed by atoms with Crippen molar-refractivity contribution in [3.8, 4) is 5.75 Å². The number of amides is 2. The number of rotatable bonds is 10. The molecule has 39 heavy (non-hydrogen) atoms. The minimum absolute atomic E-state index is 0.0259. The quantitative estimate of drug-likeness (QED) is 0.475. The maximum atomic E-state index is 13.6. The summed E-state index contributed by atoms with van der Waals surface area (Å²) >= 11 is 0. The topological polar surface area (TPSA) is 87.9 Å². The van der Waals surface area contributed by atoms with Gasteiger partial charge >= 0.3 is 0 Å². The predicted molar refractivity (Wildman–Crippen MR) is 155 cm³/mol. The third kappa shape index (κ3) is 7.83. The number of nitrogens with one attached hydrogen (secondary N) is 1. The number of carbonyl (C=O) groups excluding carboxylic acids is 2. The molecule has 0 bridgehead atoms. The lowest BCUT2D eigenvalue weighted by molar-refractivity contribution is -0.142. The number of aryl methyl sites for hydroxylation is 1. The summed E-state index contributed by atoms with van der Waals surface area (Å²) in [6.07, 6.45) is 6.02. The Labute approximate surface area is 234 Å². The Morgan fingerprint density at radius 3 is 2.59 bits per heavy atom. The largest absolute Gasteiger partial charge is 0.497 e. The molecule has 2 aromatic carbocycles. The number of ether oxygens (including phenoxy) is 1. The Morgan fingerprint density at radius 1 is 1.05 bits per heavy atom. The highest BCUT2D eigenvalue weighted by Crippen LogP contribution is 2.29. The molecule has 7 heteroatoms. The van der Waals surface area contributed by atoms with Gasteiger partial charge in [-0.25, -0.2) is 0 Å². The van der Waals surface area contributed by atoms with Crippen LogP contribution in [-0.2, 0) is 22.7 Å². The summed E-state index contributed by atoms with van der Waals surface area (Å²) in [6.45, 7) is 7.22. The second-order valence-corrected chi connectivity index (χ2v) is 11.5. The Morgan fingerprint density at radius 2 is 1.85 bits per heavy atom. The van der Waals surface area contributed by atoms with E-state index in [-0.39, 0.29) is 17.9 Å². The Bertz CT molecular complexity index is 1110. The van der Waals surface area contributed by atoms with Crippen LogP contribution in [-0.4, -0.2) is 60.4 Å². The Kier molecular flexibility index (Phi) is 10.4.